The number of nitrogens with zero attached hydrogens (tertiary/aromatic N) is 2. The summed E-state index contributed by atoms with van der Waals surface area (Å²) in [4.78, 5) is 7.42. The minimum atomic E-state index is 0.633. The zero-order valence-corrected chi connectivity index (χ0v) is 31.7. The van der Waals surface area contributed by atoms with Crippen molar-refractivity contribution in [2.75, 3.05) is 4.90 Å². The third kappa shape index (κ3) is 5.86. The summed E-state index contributed by atoms with van der Waals surface area (Å²) in [5.41, 5.74) is 13.0. The Bertz CT molecular complexity index is 3210. The molecule has 0 aliphatic rings. The van der Waals surface area contributed by atoms with Crippen LogP contribution in [0.2, 0.25) is 0 Å². The summed E-state index contributed by atoms with van der Waals surface area (Å²) in [5.74, 6) is 0.633. The molecule has 11 rings (SSSR count). The Morgan fingerprint density at radius 2 is 0.965 bits per heavy atom. The fraction of sp³-hybridized carbons (Fsp3) is 0. The van der Waals surface area contributed by atoms with Gasteiger partial charge >= 0.3 is 0 Å². The Hall–Kier alpha value is -7.27. The zero-order valence-electron chi connectivity index (χ0n) is 30.8. The molecule has 0 unspecified atom stereocenters. The second-order valence-electron chi connectivity index (χ2n) is 14.3. The first-order valence-corrected chi connectivity index (χ1v) is 20.0. The van der Waals surface area contributed by atoms with Crippen LogP contribution in [0.15, 0.2) is 211 Å². The van der Waals surface area contributed by atoms with E-state index in [1.807, 2.05) is 41.7 Å². The van der Waals surface area contributed by atoms with Crippen molar-refractivity contribution in [2.45, 2.75) is 0 Å². The van der Waals surface area contributed by atoms with Gasteiger partial charge in [0.05, 0.1) is 0 Å². The van der Waals surface area contributed by atoms with E-state index in [4.69, 9.17) is 9.40 Å². The molecule has 0 amide bonds. The van der Waals surface area contributed by atoms with Crippen molar-refractivity contribution >= 4 is 70.4 Å². The molecule has 0 spiro atoms. The molecule has 57 heavy (non-hydrogen) atoms. The Morgan fingerprint density at radius 1 is 0.421 bits per heavy atom. The number of anilines is 3. The number of rotatable bonds is 7. The Kier molecular flexibility index (Phi) is 8.01. The van der Waals surface area contributed by atoms with E-state index in [-0.39, 0.29) is 0 Å². The fourth-order valence-electron chi connectivity index (χ4n) is 8.14. The Balaban J connectivity index is 1.08. The average molecular weight is 747 g/mol. The highest BCUT2D eigenvalue weighted by molar-refractivity contribution is 7.26. The molecule has 0 atom stereocenters. The molecule has 2 heterocycles. The maximum Gasteiger partial charge on any atom is 0.227 e. The van der Waals surface area contributed by atoms with Gasteiger partial charge in [0.15, 0.2) is 5.58 Å². The molecular weight excluding hydrogens is 713 g/mol. The molecule has 0 bridgehead atoms. The Morgan fingerprint density at radius 3 is 1.67 bits per heavy atom. The molecular formula is C53H34N2OS. The van der Waals surface area contributed by atoms with E-state index in [9.17, 15) is 0 Å². The van der Waals surface area contributed by atoms with Gasteiger partial charge in [-0.3, -0.25) is 0 Å². The maximum absolute atomic E-state index is 6.57. The third-order valence-corrected chi connectivity index (χ3v) is 12.1. The monoisotopic (exact) mass is 746 g/mol. The standard InChI is InChI=1S/C53H34N2OS/c1-4-14-35(15-5-1)36-24-28-41(29-25-36)55(43-32-40-20-10-11-21-44(40)46(33-43)37-16-6-2-7-17-37)42-30-26-38(27-31-42)47-34-48-51(56-53(54-48)39-18-8-3-9-19-39)50-45-22-12-13-23-49(45)57-52(47)50/h1-34H. The molecule has 0 radical (unpaired) electrons. The highest BCUT2D eigenvalue weighted by Gasteiger charge is 2.21. The Labute approximate surface area is 334 Å². The van der Waals surface area contributed by atoms with Gasteiger partial charge in [0, 0.05) is 48.4 Å². The summed E-state index contributed by atoms with van der Waals surface area (Å²) in [6, 6.07) is 73.5. The first-order valence-electron chi connectivity index (χ1n) is 19.2. The lowest BCUT2D eigenvalue weighted by atomic mass is 9.96. The van der Waals surface area contributed by atoms with Gasteiger partial charge in [-0.25, -0.2) is 4.98 Å². The van der Waals surface area contributed by atoms with E-state index in [0.717, 1.165) is 50.2 Å². The highest BCUT2D eigenvalue weighted by Crippen LogP contribution is 2.46. The smallest absolute Gasteiger partial charge is 0.227 e. The van der Waals surface area contributed by atoms with E-state index >= 15 is 0 Å². The van der Waals surface area contributed by atoms with Crippen LogP contribution in [0.25, 0.3) is 86.9 Å². The highest BCUT2D eigenvalue weighted by atomic mass is 32.1. The largest absolute Gasteiger partial charge is 0.435 e. The summed E-state index contributed by atoms with van der Waals surface area (Å²) in [6.45, 7) is 0. The van der Waals surface area contributed by atoms with Gasteiger partial charge in [-0.05, 0) is 99.3 Å². The molecule has 0 aliphatic heterocycles. The van der Waals surface area contributed by atoms with Gasteiger partial charge in [-0.1, -0.05) is 146 Å². The average Bonchev–Trinajstić information content (AvgIpc) is 3.90. The molecule has 3 nitrogen and oxygen atoms in total. The number of thiophene rings is 1. The fourth-order valence-corrected chi connectivity index (χ4v) is 9.38. The van der Waals surface area contributed by atoms with Crippen LogP contribution in [0.3, 0.4) is 0 Å². The first-order chi connectivity index (χ1) is 28.2. The predicted octanol–water partition coefficient (Wildman–Crippen LogP) is 15.5. The van der Waals surface area contributed by atoms with Gasteiger partial charge in [0.1, 0.15) is 5.52 Å². The van der Waals surface area contributed by atoms with E-state index in [2.05, 4.69) is 181 Å². The summed E-state index contributed by atoms with van der Waals surface area (Å²) >= 11 is 1.81. The van der Waals surface area contributed by atoms with Gasteiger partial charge in [0.25, 0.3) is 0 Å². The minimum absolute atomic E-state index is 0.633. The van der Waals surface area contributed by atoms with Crippen molar-refractivity contribution in [3.8, 4) is 44.8 Å². The molecule has 0 saturated carbocycles. The van der Waals surface area contributed by atoms with Crippen LogP contribution in [0.1, 0.15) is 0 Å². The number of oxazole rings is 1. The SMILES string of the molecule is c1ccc(-c2ccc(N(c3ccc(-c4cc5nc(-c6ccccc6)oc5c5c4sc4ccccc45)cc3)c3cc(-c4ccccc4)c4ccccc4c3)cc2)cc1. The van der Waals surface area contributed by atoms with Crippen LogP contribution in [0, 0.1) is 0 Å². The number of aromatic nitrogens is 1. The van der Waals surface area contributed by atoms with Crippen LogP contribution < -0.4 is 4.90 Å². The van der Waals surface area contributed by atoms with Gasteiger partial charge in [-0.2, -0.15) is 0 Å². The van der Waals surface area contributed by atoms with Crippen LogP contribution in [0.4, 0.5) is 17.1 Å². The topological polar surface area (TPSA) is 29.3 Å². The van der Waals surface area contributed by atoms with E-state index in [0.29, 0.717) is 5.89 Å². The molecule has 268 valence electrons. The van der Waals surface area contributed by atoms with Crippen LogP contribution >= 0.6 is 11.3 Å². The van der Waals surface area contributed by atoms with Crippen LogP contribution in [-0.4, -0.2) is 4.98 Å². The maximum atomic E-state index is 6.57. The van der Waals surface area contributed by atoms with Crippen molar-refractivity contribution in [3.63, 3.8) is 0 Å². The number of hydrogen-bond donors (Lipinski definition) is 0. The molecule has 0 aliphatic carbocycles. The normalized spacial score (nSPS) is 11.5. The molecule has 4 heteroatoms. The van der Waals surface area contributed by atoms with Crippen molar-refractivity contribution in [2.24, 2.45) is 0 Å². The lowest BCUT2D eigenvalue weighted by Crippen LogP contribution is -2.10. The van der Waals surface area contributed by atoms with Crippen LogP contribution in [-0.2, 0) is 0 Å². The summed E-state index contributed by atoms with van der Waals surface area (Å²) < 4.78 is 9.00. The summed E-state index contributed by atoms with van der Waals surface area (Å²) in [5, 5.41) is 4.73. The number of fused-ring (bicyclic) bond motifs is 6. The second-order valence-corrected chi connectivity index (χ2v) is 15.4. The number of benzene rings is 9. The van der Waals surface area contributed by atoms with E-state index in [1.165, 1.54) is 47.8 Å². The second kappa shape index (κ2) is 13.8. The third-order valence-electron chi connectivity index (χ3n) is 10.9. The van der Waals surface area contributed by atoms with Gasteiger partial charge < -0.3 is 9.32 Å². The lowest BCUT2D eigenvalue weighted by molar-refractivity contribution is 0.623. The van der Waals surface area contributed by atoms with Gasteiger partial charge in [0.2, 0.25) is 5.89 Å². The van der Waals surface area contributed by atoms with Crippen LogP contribution in [0.5, 0.6) is 0 Å². The molecule has 0 fully saturated rings. The van der Waals surface area contributed by atoms with Crippen molar-refractivity contribution in [1.82, 2.24) is 4.98 Å². The molecule has 0 N–H and O–H groups in total. The van der Waals surface area contributed by atoms with Crippen molar-refractivity contribution in [1.29, 1.82) is 0 Å². The van der Waals surface area contributed by atoms with Crippen molar-refractivity contribution < 1.29 is 4.42 Å². The lowest BCUT2D eigenvalue weighted by Gasteiger charge is -2.27. The molecule has 11 aromatic rings. The van der Waals surface area contributed by atoms with Gasteiger partial charge in [-0.15, -0.1) is 11.3 Å². The van der Waals surface area contributed by atoms with E-state index in [1.54, 1.807) is 0 Å². The zero-order chi connectivity index (χ0) is 37.7. The minimum Gasteiger partial charge on any atom is -0.435 e. The summed E-state index contributed by atoms with van der Waals surface area (Å²) in [6.07, 6.45) is 0. The quantitative estimate of drug-likeness (QED) is 0.163. The van der Waals surface area contributed by atoms with Crippen molar-refractivity contribution in [3.05, 3.63) is 206 Å². The summed E-state index contributed by atoms with van der Waals surface area (Å²) in [7, 11) is 0. The first kappa shape index (κ1) is 33.1. The molecule has 0 saturated heterocycles. The van der Waals surface area contributed by atoms with E-state index < -0.39 is 0 Å². The predicted molar refractivity (Wildman–Crippen MR) is 241 cm³/mol. The number of hydrogen-bond acceptors (Lipinski definition) is 4. The molecule has 2 aromatic heterocycles. The molecule has 9 aromatic carbocycles.